The number of hydrogen-bond donors (Lipinski definition) is 2. The molecule has 2 N–H and O–H groups in total. The monoisotopic (exact) mass is 432 g/mol. The summed E-state index contributed by atoms with van der Waals surface area (Å²) in [6.07, 6.45) is 0.512. The topological polar surface area (TPSA) is 120 Å². The molecule has 0 saturated carbocycles. The minimum Gasteiger partial charge on any atom is -0.469 e. The van der Waals surface area contributed by atoms with Gasteiger partial charge >= 0.3 is 12.1 Å². The van der Waals surface area contributed by atoms with Gasteiger partial charge in [0.1, 0.15) is 11.6 Å². The van der Waals surface area contributed by atoms with E-state index < -0.39 is 35.2 Å². The van der Waals surface area contributed by atoms with E-state index in [4.69, 9.17) is 14.2 Å². The van der Waals surface area contributed by atoms with Gasteiger partial charge in [-0.1, -0.05) is 30.3 Å². The van der Waals surface area contributed by atoms with Crippen LogP contribution in [-0.2, 0) is 34.2 Å². The van der Waals surface area contributed by atoms with Crippen LogP contribution in [0.2, 0.25) is 0 Å². The molecule has 168 valence electrons. The van der Waals surface area contributed by atoms with Crippen LogP contribution in [0, 0.1) is 0 Å². The average molecular weight is 432 g/mol. The molecule has 2 amide bonds. The summed E-state index contributed by atoms with van der Waals surface area (Å²) in [6, 6.07) is 7.73. The zero-order valence-corrected chi connectivity index (χ0v) is 18.3. The van der Waals surface area contributed by atoms with E-state index in [1.807, 2.05) is 0 Å². The van der Waals surface area contributed by atoms with Crippen molar-refractivity contribution in [2.75, 3.05) is 13.7 Å². The van der Waals surface area contributed by atoms with Crippen LogP contribution in [0.1, 0.15) is 39.7 Å². The summed E-state index contributed by atoms with van der Waals surface area (Å²) in [6.45, 7) is 6.80. The first-order chi connectivity index (χ1) is 14.5. The average Bonchev–Trinajstić information content (AvgIpc) is 3.02. The van der Waals surface area contributed by atoms with Gasteiger partial charge in [0.05, 0.1) is 7.11 Å². The van der Waals surface area contributed by atoms with Gasteiger partial charge in [-0.3, -0.25) is 9.59 Å². The number of ketones is 1. The summed E-state index contributed by atoms with van der Waals surface area (Å²) < 4.78 is 15.5. The number of esters is 1. The predicted octanol–water partition coefficient (Wildman–Crippen LogP) is 1.96. The second kappa shape index (κ2) is 9.63. The van der Waals surface area contributed by atoms with Crippen molar-refractivity contribution in [1.82, 2.24) is 10.6 Å². The van der Waals surface area contributed by atoms with E-state index >= 15 is 0 Å². The summed E-state index contributed by atoms with van der Waals surface area (Å²) in [7, 11) is 1.18. The van der Waals surface area contributed by atoms with Crippen molar-refractivity contribution in [2.24, 2.45) is 0 Å². The first-order valence-corrected chi connectivity index (χ1v) is 9.82. The second-order valence-corrected chi connectivity index (χ2v) is 8.14. The standard InChI is InChI=1S/C22H28N2O7/c1-21(2,3)31-20(28)23-12-11-15(19(27)29-5)24-18(26)16-13-17(25)22(4,30-16)14-9-7-6-8-10-14/h6-10,13,15H,11-12H2,1-5H3,(H,23,28)(H,24,26). The molecule has 2 unspecified atom stereocenters. The Hall–Kier alpha value is -3.36. The number of hydrogen-bond acceptors (Lipinski definition) is 7. The molecule has 31 heavy (non-hydrogen) atoms. The van der Waals surface area contributed by atoms with Gasteiger partial charge in [-0.25, -0.2) is 9.59 Å². The number of alkyl carbamates (subject to hydrolysis) is 1. The Kier molecular flexibility index (Phi) is 7.43. The van der Waals surface area contributed by atoms with E-state index in [2.05, 4.69) is 10.6 Å². The number of carbonyl (C=O) groups excluding carboxylic acids is 4. The molecular weight excluding hydrogens is 404 g/mol. The van der Waals surface area contributed by atoms with Crippen molar-refractivity contribution in [3.8, 4) is 0 Å². The quantitative estimate of drug-likeness (QED) is 0.632. The maximum atomic E-state index is 12.6. The van der Waals surface area contributed by atoms with Gasteiger partial charge in [0.25, 0.3) is 5.91 Å². The second-order valence-electron chi connectivity index (χ2n) is 8.14. The molecule has 0 aromatic heterocycles. The first kappa shape index (κ1) is 23.9. The van der Waals surface area contributed by atoms with E-state index in [0.29, 0.717) is 5.56 Å². The lowest BCUT2D eigenvalue weighted by Gasteiger charge is -2.24. The fourth-order valence-corrected chi connectivity index (χ4v) is 2.88. The van der Waals surface area contributed by atoms with Gasteiger partial charge < -0.3 is 24.8 Å². The predicted molar refractivity (Wildman–Crippen MR) is 111 cm³/mol. The van der Waals surface area contributed by atoms with Gasteiger partial charge in [-0.2, -0.15) is 0 Å². The lowest BCUT2D eigenvalue weighted by molar-refractivity contribution is -0.145. The van der Waals surface area contributed by atoms with Crippen molar-refractivity contribution in [1.29, 1.82) is 0 Å². The number of benzene rings is 1. The summed E-state index contributed by atoms with van der Waals surface area (Å²) in [5, 5.41) is 5.00. The normalized spacial score (nSPS) is 19.0. The molecule has 1 heterocycles. The zero-order chi connectivity index (χ0) is 23.2. The third-order valence-corrected chi connectivity index (χ3v) is 4.49. The van der Waals surface area contributed by atoms with Crippen molar-refractivity contribution in [3.05, 3.63) is 47.7 Å². The molecule has 9 heteroatoms. The Bertz CT molecular complexity index is 874. The number of rotatable bonds is 7. The highest BCUT2D eigenvalue weighted by atomic mass is 16.6. The van der Waals surface area contributed by atoms with Gasteiger partial charge in [0, 0.05) is 18.2 Å². The number of carbonyl (C=O) groups is 4. The highest BCUT2D eigenvalue weighted by Crippen LogP contribution is 2.34. The van der Waals surface area contributed by atoms with Crippen molar-refractivity contribution >= 4 is 23.8 Å². The molecule has 1 aromatic carbocycles. The van der Waals surface area contributed by atoms with E-state index in [1.165, 1.54) is 7.11 Å². The number of amides is 2. The number of ether oxygens (including phenoxy) is 3. The van der Waals surface area contributed by atoms with Crippen molar-refractivity contribution < 1.29 is 33.4 Å². The lowest BCUT2D eigenvalue weighted by Crippen LogP contribution is -2.45. The van der Waals surface area contributed by atoms with E-state index in [1.54, 1.807) is 58.0 Å². The van der Waals surface area contributed by atoms with Crippen LogP contribution < -0.4 is 10.6 Å². The molecule has 0 aliphatic carbocycles. The van der Waals surface area contributed by atoms with Crippen LogP contribution in [0.15, 0.2) is 42.2 Å². The minimum atomic E-state index is -1.33. The van der Waals surface area contributed by atoms with Crippen LogP contribution in [-0.4, -0.2) is 49.1 Å². The Balaban J connectivity index is 2.00. The van der Waals surface area contributed by atoms with Crippen molar-refractivity contribution in [2.45, 2.75) is 51.4 Å². The first-order valence-electron chi connectivity index (χ1n) is 9.82. The van der Waals surface area contributed by atoms with Crippen LogP contribution in [0.3, 0.4) is 0 Å². The highest BCUT2D eigenvalue weighted by molar-refractivity contribution is 6.08. The fraction of sp³-hybridized carbons (Fsp3) is 0.455. The van der Waals surface area contributed by atoms with Gasteiger partial charge in [-0.05, 0) is 34.1 Å². The van der Waals surface area contributed by atoms with Crippen molar-refractivity contribution in [3.63, 3.8) is 0 Å². The Morgan fingerprint density at radius 2 is 1.81 bits per heavy atom. The Morgan fingerprint density at radius 1 is 1.16 bits per heavy atom. The molecule has 0 fully saturated rings. The molecule has 1 aliphatic heterocycles. The molecule has 1 aliphatic rings. The molecule has 2 atom stereocenters. The Morgan fingerprint density at radius 3 is 2.39 bits per heavy atom. The minimum absolute atomic E-state index is 0.0504. The third-order valence-electron chi connectivity index (χ3n) is 4.49. The van der Waals surface area contributed by atoms with E-state index in [-0.39, 0.29) is 24.5 Å². The van der Waals surface area contributed by atoms with E-state index in [0.717, 1.165) is 6.08 Å². The SMILES string of the molecule is COC(=O)C(CCNC(=O)OC(C)(C)C)NC(=O)C1=CC(=O)C(C)(c2ccccc2)O1. The summed E-state index contributed by atoms with van der Waals surface area (Å²) in [4.78, 5) is 49.0. The van der Waals surface area contributed by atoms with Crippen LogP contribution in [0.5, 0.6) is 0 Å². The largest absolute Gasteiger partial charge is 0.469 e. The van der Waals surface area contributed by atoms with Crippen LogP contribution in [0.25, 0.3) is 0 Å². The lowest BCUT2D eigenvalue weighted by atomic mass is 9.92. The zero-order valence-electron chi connectivity index (χ0n) is 18.3. The van der Waals surface area contributed by atoms with Gasteiger partial charge in [0.2, 0.25) is 5.78 Å². The molecule has 0 saturated heterocycles. The molecule has 0 bridgehead atoms. The Labute approximate surface area is 181 Å². The number of methoxy groups -OCH3 is 1. The summed E-state index contributed by atoms with van der Waals surface area (Å²) in [5.74, 6) is -2.02. The molecule has 1 aromatic rings. The van der Waals surface area contributed by atoms with Crippen LogP contribution in [0.4, 0.5) is 4.79 Å². The molecule has 2 rings (SSSR count). The number of nitrogens with one attached hydrogen (secondary N) is 2. The van der Waals surface area contributed by atoms with E-state index in [9.17, 15) is 19.2 Å². The molecule has 0 radical (unpaired) electrons. The van der Waals surface area contributed by atoms with Gasteiger partial charge in [-0.15, -0.1) is 0 Å². The smallest absolute Gasteiger partial charge is 0.407 e. The maximum Gasteiger partial charge on any atom is 0.407 e. The van der Waals surface area contributed by atoms with Crippen LogP contribution >= 0.6 is 0 Å². The summed E-state index contributed by atoms with van der Waals surface area (Å²) in [5.41, 5.74) is -1.39. The molecule has 0 spiro atoms. The summed E-state index contributed by atoms with van der Waals surface area (Å²) >= 11 is 0. The molecule has 9 nitrogen and oxygen atoms in total. The highest BCUT2D eigenvalue weighted by Gasteiger charge is 2.44. The maximum absolute atomic E-state index is 12.6. The molecular formula is C22H28N2O7. The fourth-order valence-electron chi connectivity index (χ4n) is 2.88. The third kappa shape index (κ3) is 6.31. The van der Waals surface area contributed by atoms with Gasteiger partial charge in [0.15, 0.2) is 11.4 Å².